The normalized spacial score (nSPS) is 16.2. The molecule has 6 nitrogen and oxygen atoms in total. The maximum absolute atomic E-state index is 14.5. The first-order valence-corrected chi connectivity index (χ1v) is 14.0. The van der Waals surface area contributed by atoms with Gasteiger partial charge >= 0.3 is 35.5 Å². The second-order valence-electron chi connectivity index (χ2n) is 9.28. The zero-order chi connectivity index (χ0) is 28.1. The van der Waals surface area contributed by atoms with Gasteiger partial charge < -0.3 is 16.3 Å². The van der Waals surface area contributed by atoms with Crippen LogP contribution in [0.4, 0.5) is 0 Å². The Labute approximate surface area is 275 Å². The predicted molar refractivity (Wildman–Crippen MR) is 157 cm³/mol. The molecule has 1 aliphatic heterocycles. The number of carbonyl (C=O) groups is 3. The Kier molecular flexibility index (Phi) is 11.9. The summed E-state index contributed by atoms with van der Waals surface area (Å²) in [5.74, 6) is -1.51. The van der Waals surface area contributed by atoms with Gasteiger partial charge in [-0.2, -0.15) is 0 Å². The van der Waals surface area contributed by atoms with E-state index in [4.69, 9.17) is 28.3 Å². The van der Waals surface area contributed by atoms with Crippen LogP contribution < -0.4 is 29.6 Å². The molecule has 204 valence electrons. The van der Waals surface area contributed by atoms with Gasteiger partial charge in [-0.15, -0.1) is 0 Å². The van der Waals surface area contributed by atoms with Gasteiger partial charge in [0.15, 0.2) is 0 Å². The maximum atomic E-state index is 14.5. The van der Waals surface area contributed by atoms with Crippen LogP contribution in [0.25, 0.3) is 5.70 Å². The Hall–Kier alpha value is -2.13. The minimum Gasteiger partial charge on any atom is -1.00 e. The third kappa shape index (κ3) is 7.58. The molecule has 3 aromatic carbocycles. The summed E-state index contributed by atoms with van der Waals surface area (Å²) < 4.78 is 0.731. The molecule has 3 aromatic rings. The number of benzene rings is 3. The molecule has 1 N–H and O–H groups in total. The quantitative estimate of drug-likeness (QED) is 0.270. The predicted octanol–water partition coefficient (Wildman–Crippen LogP) is 4.64. The van der Waals surface area contributed by atoms with Gasteiger partial charge in [-0.05, 0) is 61.2 Å². The fourth-order valence-electron chi connectivity index (χ4n) is 4.72. The summed E-state index contributed by atoms with van der Waals surface area (Å²) in [6.07, 6.45) is 2.34. The zero-order valence-corrected chi connectivity index (χ0v) is 27.3. The van der Waals surface area contributed by atoms with Crippen LogP contribution in [0.1, 0.15) is 56.4 Å². The van der Waals surface area contributed by atoms with E-state index >= 15 is 0 Å². The molecule has 2 atom stereocenters. The monoisotopic (exact) mass is 652 g/mol. The number of aliphatic carboxylic acids is 1. The Balaban J connectivity index is 0.00000294. The number of amides is 2. The summed E-state index contributed by atoms with van der Waals surface area (Å²) in [5, 5.41) is 10.2. The Morgan fingerprint density at radius 3 is 2.17 bits per heavy atom. The van der Waals surface area contributed by atoms with E-state index in [1.54, 1.807) is 46.2 Å². The van der Waals surface area contributed by atoms with E-state index in [1.165, 1.54) is 6.08 Å². The summed E-state index contributed by atoms with van der Waals surface area (Å²) in [7, 11) is 0. The topological polar surface area (TPSA) is 77.9 Å². The summed E-state index contributed by atoms with van der Waals surface area (Å²) in [4.78, 5) is 42.9. The number of hydrogen-bond donors (Lipinski definition) is 1. The minimum atomic E-state index is -0.948. The average molecular weight is 654 g/mol. The van der Waals surface area contributed by atoms with Crippen LogP contribution in [0.3, 0.4) is 0 Å². The van der Waals surface area contributed by atoms with Crippen LogP contribution >= 0.6 is 39.1 Å². The van der Waals surface area contributed by atoms with Crippen molar-refractivity contribution >= 4 is 62.6 Å². The third-order valence-electron chi connectivity index (χ3n) is 6.71. The van der Waals surface area contributed by atoms with Crippen molar-refractivity contribution in [3.8, 4) is 0 Å². The number of hydrogen-bond acceptors (Lipinski definition) is 3. The molecule has 0 fully saturated rings. The fraction of sp³-hybridized carbons (Fsp3) is 0.233. The van der Waals surface area contributed by atoms with Crippen molar-refractivity contribution in [1.29, 1.82) is 0 Å². The molecule has 10 heteroatoms. The van der Waals surface area contributed by atoms with Crippen molar-refractivity contribution in [2.45, 2.75) is 38.3 Å². The molecule has 1 aliphatic rings. The number of carbonyl (C=O) groups excluding carboxylic acids is 2. The van der Waals surface area contributed by atoms with Gasteiger partial charge in [0, 0.05) is 39.1 Å². The second kappa shape index (κ2) is 14.7. The molecule has 2 amide bonds. The van der Waals surface area contributed by atoms with Crippen molar-refractivity contribution in [1.82, 2.24) is 9.80 Å². The summed E-state index contributed by atoms with van der Waals surface area (Å²) >= 11 is 15.9. The van der Waals surface area contributed by atoms with Crippen LogP contribution in [-0.2, 0) is 14.4 Å². The molecule has 0 aliphatic carbocycles. The zero-order valence-electron chi connectivity index (χ0n) is 23.2. The van der Waals surface area contributed by atoms with Crippen molar-refractivity contribution < 1.29 is 50.5 Å². The number of halogens is 3. The van der Waals surface area contributed by atoms with E-state index in [-0.39, 0.29) is 55.8 Å². The Morgan fingerprint density at radius 2 is 1.57 bits per heavy atom. The molecule has 0 spiro atoms. The van der Waals surface area contributed by atoms with Crippen LogP contribution in [-0.4, -0.2) is 39.2 Å². The first kappa shape index (κ1) is 32.4. The van der Waals surface area contributed by atoms with E-state index in [2.05, 4.69) is 15.9 Å². The molecule has 4 rings (SSSR count). The number of unbranched alkanes of at least 4 members (excludes halogenated alkanes) is 1. The molecular weight excluding hydrogens is 626 g/mol. The van der Waals surface area contributed by atoms with Crippen molar-refractivity contribution in [2.24, 2.45) is 0 Å². The number of carboxylic acid groups (broad SMARTS) is 1. The fourth-order valence-corrected chi connectivity index (χ4v) is 5.46. The van der Waals surface area contributed by atoms with E-state index in [0.717, 1.165) is 10.0 Å². The molecule has 0 bridgehead atoms. The van der Waals surface area contributed by atoms with Crippen LogP contribution in [0, 0.1) is 0 Å². The van der Waals surface area contributed by atoms with E-state index < -0.39 is 18.1 Å². The molecular formula is C30H28BrCl2N2NaO4. The molecule has 0 saturated heterocycles. The van der Waals surface area contributed by atoms with Gasteiger partial charge in [0.2, 0.25) is 5.91 Å². The average Bonchev–Trinajstić information content (AvgIpc) is 3.01. The van der Waals surface area contributed by atoms with Gasteiger partial charge in [-0.1, -0.05) is 81.6 Å². The van der Waals surface area contributed by atoms with Crippen molar-refractivity contribution in [3.05, 3.63) is 110 Å². The molecule has 1 unspecified atom stereocenters. The Morgan fingerprint density at radius 1 is 0.975 bits per heavy atom. The molecule has 1 heterocycles. The minimum absolute atomic E-state index is 0. The van der Waals surface area contributed by atoms with E-state index in [9.17, 15) is 14.4 Å². The number of nitrogens with zero attached hydrogens (tertiary/aromatic N) is 2. The maximum Gasteiger partial charge on any atom is 1.00 e. The third-order valence-corrected chi connectivity index (χ3v) is 7.91. The largest absolute Gasteiger partial charge is 1.00 e. The van der Waals surface area contributed by atoms with E-state index in [1.807, 2.05) is 43.3 Å². The van der Waals surface area contributed by atoms with Gasteiger partial charge in [0.1, 0.15) is 6.04 Å². The SMILES string of the molecule is C[C@H](c1ccc(Cl)cc1)N1C(=O)C=C(c2ccccc2Br)N(CCCCC(=O)O)C(=O)C1c1ccc(Cl)cc1.[H-].[Na+]. The number of rotatable bonds is 9. The molecule has 40 heavy (non-hydrogen) atoms. The van der Waals surface area contributed by atoms with Gasteiger partial charge in [-0.3, -0.25) is 14.4 Å². The standard InChI is InChI=1S/C30H27BrCl2N2O4.Na.H/c1-19(20-9-13-22(32)14-10-20)35-27(36)18-26(24-6-2-3-7-25(24)31)34(17-5-4-8-28(37)38)30(39)29(35)21-11-15-23(33)16-12-21;;/h2-3,6-7,9-16,18-19,29H,4-5,8,17H2,1H3,(H,37,38);;/q;+1;-1/t19-,29?;;/m1../s1. The first-order valence-electron chi connectivity index (χ1n) is 12.5. The first-order chi connectivity index (χ1) is 18.7. The van der Waals surface area contributed by atoms with Crippen molar-refractivity contribution in [3.63, 3.8) is 0 Å². The molecule has 0 saturated carbocycles. The van der Waals surface area contributed by atoms with Gasteiger partial charge in [0.25, 0.3) is 5.91 Å². The summed E-state index contributed by atoms with van der Waals surface area (Å²) in [6.45, 7) is 2.13. The number of carboxylic acids is 1. The van der Waals surface area contributed by atoms with E-state index in [0.29, 0.717) is 39.7 Å². The summed E-state index contributed by atoms with van der Waals surface area (Å²) in [6, 6.07) is 20.1. The smallest absolute Gasteiger partial charge is 1.00 e. The van der Waals surface area contributed by atoms with Gasteiger partial charge in [0.05, 0.1) is 11.7 Å². The van der Waals surface area contributed by atoms with Crippen LogP contribution in [0.5, 0.6) is 0 Å². The van der Waals surface area contributed by atoms with Gasteiger partial charge in [-0.25, -0.2) is 0 Å². The van der Waals surface area contributed by atoms with Crippen LogP contribution in [0.15, 0.2) is 83.3 Å². The molecule has 0 aromatic heterocycles. The van der Waals surface area contributed by atoms with Crippen LogP contribution in [0.2, 0.25) is 10.0 Å². The molecule has 0 radical (unpaired) electrons. The Bertz CT molecular complexity index is 1410. The second-order valence-corrected chi connectivity index (χ2v) is 11.0. The van der Waals surface area contributed by atoms with Crippen molar-refractivity contribution in [2.75, 3.05) is 6.54 Å². The summed E-state index contributed by atoms with van der Waals surface area (Å²) in [5.41, 5.74) is 2.59.